The van der Waals surface area contributed by atoms with Crippen molar-refractivity contribution in [3.8, 4) is 11.3 Å². The standard InChI is InChI=1S/C19H22N2O2/c1-13-15(17-9-2-3-11-20-17)7-5-8-16(13)19(23)21-12-14-6-4-10-18(14)22/h2-3,5,7-9,11,14,18,22H,4,6,10,12H2,1H3,(H,21,23). The number of aliphatic hydroxyl groups is 1. The van der Waals surface area contributed by atoms with Crippen molar-refractivity contribution in [1.29, 1.82) is 0 Å². The Balaban J connectivity index is 1.76. The van der Waals surface area contributed by atoms with Gasteiger partial charge in [-0.2, -0.15) is 0 Å². The summed E-state index contributed by atoms with van der Waals surface area (Å²) in [6.45, 7) is 2.48. The van der Waals surface area contributed by atoms with Crippen LogP contribution in [0.25, 0.3) is 11.3 Å². The van der Waals surface area contributed by atoms with Gasteiger partial charge in [0, 0.05) is 29.8 Å². The lowest BCUT2D eigenvalue weighted by Crippen LogP contribution is -2.32. The number of nitrogens with one attached hydrogen (secondary N) is 1. The van der Waals surface area contributed by atoms with Gasteiger partial charge in [-0.3, -0.25) is 9.78 Å². The highest BCUT2D eigenvalue weighted by molar-refractivity contribution is 5.97. The molecule has 1 aromatic carbocycles. The highest BCUT2D eigenvalue weighted by atomic mass is 16.3. The van der Waals surface area contributed by atoms with E-state index in [0.29, 0.717) is 12.1 Å². The largest absolute Gasteiger partial charge is 0.393 e. The fraction of sp³-hybridized carbons (Fsp3) is 0.368. The van der Waals surface area contributed by atoms with Gasteiger partial charge in [-0.15, -0.1) is 0 Å². The average Bonchev–Trinajstić information content (AvgIpc) is 2.99. The lowest BCUT2D eigenvalue weighted by molar-refractivity contribution is 0.0916. The maximum absolute atomic E-state index is 12.5. The highest BCUT2D eigenvalue weighted by Crippen LogP contribution is 2.26. The smallest absolute Gasteiger partial charge is 0.251 e. The normalized spacial score (nSPS) is 20.4. The maximum Gasteiger partial charge on any atom is 0.251 e. The quantitative estimate of drug-likeness (QED) is 0.912. The molecule has 2 atom stereocenters. The van der Waals surface area contributed by atoms with Gasteiger partial charge < -0.3 is 10.4 Å². The zero-order valence-corrected chi connectivity index (χ0v) is 13.3. The number of pyridine rings is 1. The Morgan fingerprint density at radius 2 is 2.13 bits per heavy atom. The van der Waals surface area contributed by atoms with Crippen molar-refractivity contribution in [2.45, 2.75) is 32.3 Å². The van der Waals surface area contributed by atoms with Gasteiger partial charge in [0.15, 0.2) is 0 Å². The molecule has 1 heterocycles. The third kappa shape index (κ3) is 3.42. The molecule has 120 valence electrons. The van der Waals surface area contributed by atoms with Crippen molar-refractivity contribution in [3.63, 3.8) is 0 Å². The van der Waals surface area contributed by atoms with Crippen LogP contribution in [0.4, 0.5) is 0 Å². The summed E-state index contributed by atoms with van der Waals surface area (Å²) < 4.78 is 0. The van der Waals surface area contributed by atoms with Crippen molar-refractivity contribution in [2.24, 2.45) is 5.92 Å². The predicted molar refractivity (Wildman–Crippen MR) is 90.1 cm³/mol. The van der Waals surface area contributed by atoms with Crippen molar-refractivity contribution < 1.29 is 9.90 Å². The Bertz CT molecular complexity index is 685. The van der Waals surface area contributed by atoms with E-state index in [1.165, 1.54) is 0 Å². The predicted octanol–water partition coefficient (Wildman–Crippen LogP) is 2.95. The molecule has 1 fully saturated rings. The van der Waals surface area contributed by atoms with Crippen LogP contribution < -0.4 is 5.32 Å². The second-order valence-corrected chi connectivity index (χ2v) is 6.16. The Hall–Kier alpha value is -2.20. The third-order valence-corrected chi connectivity index (χ3v) is 4.66. The summed E-state index contributed by atoms with van der Waals surface area (Å²) >= 11 is 0. The van der Waals surface area contributed by atoms with E-state index in [4.69, 9.17) is 0 Å². The average molecular weight is 310 g/mol. The Morgan fingerprint density at radius 3 is 2.83 bits per heavy atom. The number of carbonyl (C=O) groups excluding carboxylic acids is 1. The van der Waals surface area contributed by atoms with Gasteiger partial charge in [0.25, 0.3) is 5.91 Å². The van der Waals surface area contributed by atoms with E-state index in [-0.39, 0.29) is 17.9 Å². The van der Waals surface area contributed by atoms with Crippen molar-refractivity contribution in [1.82, 2.24) is 10.3 Å². The summed E-state index contributed by atoms with van der Waals surface area (Å²) in [6, 6.07) is 11.5. The van der Waals surface area contributed by atoms with Crippen LogP contribution in [0, 0.1) is 12.8 Å². The molecular formula is C19H22N2O2. The van der Waals surface area contributed by atoms with Gasteiger partial charge in [0.2, 0.25) is 0 Å². The van der Waals surface area contributed by atoms with Gasteiger partial charge in [-0.25, -0.2) is 0 Å². The van der Waals surface area contributed by atoms with Crippen LogP contribution in [0.3, 0.4) is 0 Å². The molecule has 3 rings (SSSR count). The summed E-state index contributed by atoms with van der Waals surface area (Å²) in [5.41, 5.74) is 3.43. The van der Waals surface area contributed by atoms with Crippen LogP contribution in [0.2, 0.25) is 0 Å². The van der Waals surface area contributed by atoms with Crippen molar-refractivity contribution in [2.75, 3.05) is 6.54 Å². The van der Waals surface area contributed by atoms with Gasteiger partial charge in [-0.1, -0.05) is 24.6 Å². The molecule has 1 aliphatic carbocycles. The summed E-state index contributed by atoms with van der Waals surface area (Å²) in [5, 5.41) is 12.8. The summed E-state index contributed by atoms with van der Waals surface area (Å²) in [5.74, 6) is 0.0950. The molecule has 23 heavy (non-hydrogen) atoms. The first-order valence-electron chi connectivity index (χ1n) is 8.14. The highest BCUT2D eigenvalue weighted by Gasteiger charge is 2.25. The molecule has 4 nitrogen and oxygen atoms in total. The van der Waals surface area contributed by atoms with Crippen molar-refractivity contribution >= 4 is 5.91 Å². The van der Waals surface area contributed by atoms with Crippen LogP contribution in [0.1, 0.15) is 35.2 Å². The maximum atomic E-state index is 12.5. The van der Waals surface area contributed by atoms with E-state index in [0.717, 1.165) is 36.1 Å². The Labute approximate surface area is 136 Å². The van der Waals surface area contributed by atoms with Crippen LogP contribution in [0.15, 0.2) is 42.6 Å². The molecule has 2 unspecified atom stereocenters. The molecule has 1 aliphatic rings. The minimum absolute atomic E-state index is 0.0839. The lowest BCUT2D eigenvalue weighted by Gasteiger charge is -2.16. The topological polar surface area (TPSA) is 62.2 Å². The number of amides is 1. The molecule has 4 heteroatoms. The molecule has 2 N–H and O–H groups in total. The number of hydrogen-bond donors (Lipinski definition) is 2. The SMILES string of the molecule is Cc1c(C(=O)NCC2CCCC2O)cccc1-c1ccccn1. The number of carbonyl (C=O) groups is 1. The van der Waals surface area contributed by atoms with E-state index >= 15 is 0 Å². The summed E-state index contributed by atoms with van der Waals surface area (Å²) in [7, 11) is 0. The zero-order chi connectivity index (χ0) is 16.2. The van der Waals surface area contributed by atoms with Crippen LogP contribution >= 0.6 is 0 Å². The van der Waals surface area contributed by atoms with Gasteiger partial charge >= 0.3 is 0 Å². The summed E-state index contributed by atoms with van der Waals surface area (Å²) in [6.07, 6.45) is 4.33. The van der Waals surface area contributed by atoms with Gasteiger partial charge in [0.05, 0.1) is 11.8 Å². The molecule has 0 radical (unpaired) electrons. The molecule has 1 saturated carbocycles. The molecule has 0 spiro atoms. The monoisotopic (exact) mass is 310 g/mol. The number of aliphatic hydroxyl groups excluding tert-OH is 1. The minimum Gasteiger partial charge on any atom is -0.393 e. The first kappa shape index (κ1) is 15.7. The van der Waals surface area contributed by atoms with E-state index in [1.54, 1.807) is 6.20 Å². The number of benzene rings is 1. The summed E-state index contributed by atoms with van der Waals surface area (Å²) in [4.78, 5) is 16.9. The zero-order valence-electron chi connectivity index (χ0n) is 13.3. The van der Waals surface area contributed by atoms with E-state index < -0.39 is 0 Å². The fourth-order valence-corrected chi connectivity index (χ4v) is 3.26. The molecular weight excluding hydrogens is 288 g/mol. The van der Waals surface area contributed by atoms with Crippen LogP contribution in [-0.4, -0.2) is 28.6 Å². The molecule has 0 saturated heterocycles. The van der Waals surface area contributed by atoms with Crippen LogP contribution in [-0.2, 0) is 0 Å². The number of hydrogen-bond acceptors (Lipinski definition) is 3. The second kappa shape index (κ2) is 6.92. The third-order valence-electron chi connectivity index (χ3n) is 4.66. The van der Waals surface area contributed by atoms with Crippen LogP contribution in [0.5, 0.6) is 0 Å². The molecule has 0 bridgehead atoms. The van der Waals surface area contributed by atoms with Gasteiger partial charge in [-0.05, 0) is 43.5 Å². The molecule has 0 aliphatic heterocycles. The minimum atomic E-state index is -0.281. The molecule has 2 aromatic rings. The first-order valence-corrected chi connectivity index (χ1v) is 8.14. The van der Waals surface area contributed by atoms with E-state index in [1.807, 2.05) is 43.3 Å². The second-order valence-electron chi connectivity index (χ2n) is 6.16. The van der Waals surface area contributed by atoms with Gasteiger partial charge in [0.1, 0.15) is 0 Å². The number of nitrogens with zero attached hydrogens (tertiary/aromatic N) is 1. The number of rotatable bonds is 4. The fourth-order valence-electron chi connectivity index (χ4n) is 3.26. The van der Waals surface area contributed by atoms with E-state index in [2.05, 4.69) is 10.3 Å². The van der Waals surface area contributed by atoms with Crippen molar-refractivity contribution in [3.05, 3.63) is 53.7 Å². The molecule has 1 aromatic heterocycles. The lowest BCUT2D eigenvalue weighted by atomic mass is 9.98. The Kier molecular flexibility index (Phi) is 4.72. The Morgan fingerprint density at radius 1 is 1.26 bits per heavy atom. The molecule has 1 amide bonds. The number of aromatic nitrogens is 1. The first-order chi connectivity index (χ1) is 11.2. The van der Waals surface area contributed by atoms with E-state index in [9.17, 15) is 9.90 Å².